The van der Waals surface area contributed by atoms with Crippen LogP contribution in [0.2, 0.25) is 0 Å². The molecule has 0 bridgehead atoms. The molecule has 0 radical (unpaired) electrons. The molecule has 2 aromatic rings. The van der Waals surface area contributed by atoms with Crippen molar-refractivity contribution in [2.45, 2.75) is 12.5 Å². The number of hydrogen-bond acceptors (Lipinski definition) is 3. The number of nitrogens with zero attached hydrogens (tertiary/aromatic N) is 1. The van der Waals surface area contributed by atoms with E-state index in [1.165, 1.54) is 12.1 Å². The Morgan fingerprint density at radius 2 is 2.00 bits per heavy atom. The first-order valence-electron chi connectivity index (χ1n) is 5.50. The molecular weight excluding hydrogens is 297 g/mol. The van der Waals surface area contributed by atoms with Gasteiger partial charge in [-0.15, -0.1) is 0 Å². The predicted octanol–water partition coefficient (Wildman–Crippen LogP) is 2.73. The van der Waals surface area contributed by atoms with Crippen LogP contribution in [0, 0.1) is 5.82 Å². The van der Waals surface area contributed by atoms with Crippen LogP contribution in [0.25, 0.3) is 0 Å². The summed E-state index contributed by atoms with van der Waals surface area (Å²) in [6.07, 6.45) is 4.16. The van der Waals surface area contributed by atoms with Gasteiger partial charge in [-0.25, -0.2) is 4.39 Å². The lowest BCUT2D eigenvalue weighted by Gasteiger charge is -2.16. The summed E-state index contributed by atoms with van der Waals surface area (Å²) in [7, 11) is 0. The molecule has 0 fully saturated rings. The molecule has 94 valence electrons. The smallest absolute Gasteiger partial charge is 0.123 e. The Bertz CT molecular complexity index is 516. The van der Waals surface area contributed by atoms with E-state index < -0.39 is 0 Å². The fourth-order valence-electron chi connectivity index (χ4n) is 1.75. The highest BCUT2D eigenvalue weighted by Crippen LogP contribution is 2.20. The van der Waals surface area contributed by atoms with Crippen LogP contribution in [-0.2, 0) is 6.42 Å². The van der Waals surface area contributed by atoms with Crippen molar-refractivity contribution in [1.82, 2.24) is 10.4 Å². The fourth-order valence-corrected chi connectivity index (χ4v) is 2.13. The lowest BCUT2D eigenvalue weighted by molar-refractivity contribution is 0.549. The molecule has 3 N–H and O–H groups in total. The van der Waals surface area contributed by atoms with Gasteiger partial charge in [-0.2, -0.15) is 0 Å². The Morgan fingerprint density at radius 3 is 2.61 bits per heavy atom. The highest BCUT2D eigenvalue weighted by atomic mass is 79.9. The second-order valence-electron chi connectivity index (χ2n) is 3.99. The standard InChI is InChI=1S/C13H13BrFN3/c14-11-6-10(7-17-8-11)13(18-16)5-9-1-3-12(15)4-2-9/h1-4,6-8,13,18H,5,16H2. The van der Waals surface area contributed by atoms with Crippen LogP contribution in [0.1, 0.15) is 17.2 Å². The number of nitrogens with two attached hydrogens (primary N) is 1. The first-order valence-corrected chi connectivity index (χ1v) is 6.29. The first-order chi connectivity index (χ1) is 8.69. The summed E-state index contributed by atoms with van der Waals surface area (Å²) < 4.78 is 13.7. The summed E-state index contributed by atoms with van der Waals surface area (Å²) in [5.41, 5.74) is 4.75. The molecule has 0 saturated carbocycles. The number of rotatable bonds is 4. The molecule has 0 saturated heterocycles. The third kappa shape index (κ3) is 3.35. The van der Waals surface area contributed by atoms with Crippen molar-refractivity contribution in [2.75, 3.05) is 0 Å². The topological polar surface area (TPSA) is 50.9 Å². The van der Waals surface area contributed by atoms with Crippen molar-refractivity contribution < 1.29 is 4.39 Å². The van der Waals surface area contributed by atoms with E-state index in [1.807, 2.05) is 6.07 Å². The highest BCUT2D eigenvalue weighted by molar-refractivity contribution is 9.10. The minimum Gasteiger partial charge on any atom is -0.271 e. The number of benzene rings is 1. The number of nitrogens with one attached hydrogen (secondary N) is 1. The van der Waals surface area contributed by atoms with Gasteiger partial charge in [-0.3, -0.25) is 16.3 Å². The van der Waals surface area contributed by atoms with Crippen LogP contribution in [0.3, 0.4) is 0 Å². The first kappa shape index (κ1) is 13.1. The minimum absolute atomic E-state index is 0.0551. The maximum atomic E-state index is 12.8. The Balaban J connectivity index is 2.17. The van der Waals surface area contributed by atoms with E-state index in [2.05, 4.69) is 26.3 Å². The largest absolute Gasteiger partial charge is 0.271 e. The SMILES string of the molecule is NNC(Cc1ccc(F)cc1)c1cncc(Br)c1. The Hall–Kier alpha value is -1.30. The molecule has 0 amide bonds. The minimum atomic E-state index is -0.236. The van der Waals surface area contributed by atoms with Gasteiger partial charge in [0.1, 0.15) is 5.82 Å². The van der Waals surface area contributed by atoms with Gasteiger partial charge in [0.15, 0.2) is 0 Å². The number of hydrazine groups is 1. The van der Waals surface area contributed by atoms with Crippen molar-refractivity contribution in [3.63, 3.8) is 0 Å². The Morgan fingerprint density at radius 1 is 1.28 bits per heavy atom. The van der Waals surface area contributed by atoms with Gasteiger partial charge >= 0.3 is 0 Å². The van der Waals surface area contributed by atoms with Gasteiger partial charge < -0.3 is 0 Å². The highest BCUT2D eigenvalue weighted by Gasteiger charge is 2.11. The average Bonchev–Trinajstić information content (AvgIpc) is 2.38. The summed E-state index contributed by atoms with van der Waals surface area (Å²) in [5.74, 6) is 5.33. The van der Waals surface area contributed by atoms with Crippen LogP contribution in [0.15, 0.2) is 47.2 Å². The molecule has 1 aromatic carbocycles. The zero-order valence-electron chi connectivity index (χ0n) is 9.61. The maximum absolute atomic E-state index is 12.8. The molecule has 18 heavy (non-hydrogen) atoms. The van der Waals surface area contributed by atoms with Gasteiger partial charge in [0.2, 0.25) is 0 Å². The van der Waals surface area contributed by atoms with Crippen molar-refractivity contribution in [3.8, 4) is 0 Å². The average molecular weight is 310 g/mol. The summed E-state index contributed by atoms with van der Waals surface area (Å²) in [6.45, 7) is 0. The van der Waals surface area contributed by atoms with Crippen LogP contribution in [-0.4, -0.2) is 4.98 Å². The van der Waals surface area contributed by atoms with E-state index in [0.29, 0.717) is 6.42 Å². The summed E-state index contributed by atoms with van der Waals surface area (Å²) in [6, 6.07) is 8.31. The fraction of sp³-hybridized carbons (Fsp3) is 0.154. The van der Waals surface area contributed by atoms with E-state index in [-0.39, 0.29) is 11.9 Å². The molecule has 1 atom stereocenters. The van der Waals surface area contributed by atoms with E-state index >= 15 is 0 Å². The van der Waals surface area contributed by atoms with E-state index in [4.69, 9.17) is 5.84 Å². The summed E-state index contributed by atoms with van der Waals surface area (Å²) in [5, 5.41) is 0. The lowest BCUT2D eigenvalue weighted by atomic mass is 10.0. The summed E-state index contributed by atoms with van der Waals surface area (Å²) >= 11 is 3.37. The van der Waals surface area contributed by atoms with Crippen molar-refractivity contribution in [1.29, 1.82) is 0 Å². The second-order valence-corrected chi connectivity index (χ2v) is 4.90. The van der Waals surface area contributed by atoms with Crippen LogP contribution in [0.5, 0.6) is 0 Å². The molecule has 2 rings (SSSR count). The van der Waals surface area contributed by atoms with Crippen LogP contribution >= 0.6 is 15.9 Å². The third-order valence-corrected chi connectivity index (χ3v) is 3.12. The molecule has 0 spiro atoms. The molecule has 0 aliphatic heterocycles. The Kier molecular flexibility index (Phi) is 4.41. The second kappa shape index (κ2) is 6.04. The quantitative estimate of drug-likeness (QED) is 0.674. The molecule has 0 aliphatic rings. The maximum Gasteiger partial charge on any atom is 0.123 e. The van der Waals surface area contributed by atoms with E-state index in [0.717, 1.165) is 15.6 Å². The number of hydrogen-bond donors (Lipinski definition) is 2. The normalized spacial score (nSPS) is 12.4. The predicted molar refractivity (Wildman–Crippen MR) is 72.1 cm³/mol. The third-order valence-electron chi connectivity index (χ3n) is 2.68. The lowest BCUT2D eigenvalue weighted by Crippen LogP contribution is -2.29. The van der Waals surface area contributed by atoms with Gasteiger partial charge in [-0.1, -0.05) is 12.1 Å². The monoisotopic (exact) mass is 309 g/mol. The van der Waals surface area contributed by atoms with Crippen LogP contribution < -0.4 is 11.3 Å². The zero-order valence-corrected chi connectivity index (χ0v) is 11.2. The molecule has 5 heteroatoms. The molecule has 1 aromatic heterocycles. The van der Waals surface area contributed by atoms with Crippen molar-refractivity contribution >= 4 is 15.9 Å². The number of aromatic nitrogens is 1. The molecular formula is C13H13BrFN3. The van der Waals surface area contributed by atoms with E-state index in [1.54, 1.807) is 24.5 Å². The molecule has 1 heterocycles. The number of halogens is 2. The van der Waals surface area contributed by atoms with E-state index in [9.17, 15) is 4.39 Å². The Labute approximate surface area is 113 Å². The van der Waals surface area contributed by atoms with Crippen LogP contribution in [0.4, 0.5) is 4.39 Å². The van der Waals surface area contributed by atoms with Gasteiger partial charge in [0, 0.05) is 16.9 Å². The number of pyridine rings is 1. The van der Waals surface area contributed by atoms with Gasteiger partial charge in [-0.05, 0) is 51.7 Å². The molecule has 1 unspecified atom stereocenters. The van der Waals surface area contributed by atoms with Gasteiger partial charge in [0.25, 0.3) is 0 Å². The zero-order chi connectivity index (χ0) is 13.0. The molecule has 0 aliphatic carbocycles. The molecule has 3 nitrogen and oxygen atoms in total. The summed E-state index contributed by atoms with van der Waals surface area (Å²) in [4.78, 5) is 4.11. The van der Waals surface area contributed by atoms with Gasteiger partial charge in [0.05, 0.1) is 6.04 Å². The van der Waals surface area contributed by atoms with Crippen molar-refractivity contribution in [3.05, 3.63) is 64.1 Å². The van der Waals surface area contributed by atoms with Crippen molar-refractivity contribution in [2.24, 2.45) is 5.84 Å².